The van der Waals surface area contributed by atoms with Crippen molar-refractivity contribution in [2.24, 2.45) is 5.92 Å². The normalized spacial score (nSPS) is 25.5. The van der Waals surface area contributed by atoms with E-state index in [1.165, 1.54) is 25.7 Å². The van der Waals surface area contributed by atoms with E-state index in [1.807, 2.05) is 20.8 Å². The molecular weight excluding hydrogens is 302 g/mol. The van der Waals surface area contributed by atoms with Gasteiger partial charge in [0.1, 0.15) is 5.78 Å². The second kappa shape index (κ2) is 9.52. The van der Waals surface area contributed by atoms with E-state index < -0.39 is 0 Å². The van der Waals surface area contributed by atoms with Crippen LogP contribution in [0.2, 0.25) is 0 Å². The second-order valence-corrected chi connectivity index (χ2v) is 7.57. The molecule has 1 N–H and O–H groups in total. The van der Waals surface area contributed by atoms with Gasteiger partial charge in [0, 0.05) is 50.5 Å². The molecule has 2 aliphatic heterocycles. The van der Waals surface area contributed by atoms with Crippen molar-refractivity contribution in [3.8, 4) is 0 Å². The molecule has 1 amide bonds. The molecule has 2 atom stereocenters. The summed E-state index contributed by atoms with van der Waals surface area (Å²) in [5, 5.41) is 2.89. The average molecular weight is 338 g/mol. The van der Waals surface area contributed by atoms with Crippen LogP contribution in [0.1, 0.15) is 59.3 Å². The summed E-state index contributed by atoms with van der Waals surface area (Å²) >= 11 is 0. The van der Waals surface area contributed by atoms with Crippen LogP contribution in [0.5, 0.6) is 0 Å². The molecule has 2 heterocycles. The molecule has 0 saturated carbocycles. The molecule has 0 bridgehead atoms. The summed E-state index contributed by atoms with van der Waals surface area (Å²) < 4.78 is 0. The molecule has 0 aromatic heterocycles. The minimum absolute atomic E-state index is 0.145. The van der Waals surface area contributed by atoms with Crippen molar-refractivity contribution in [2.75, 3.05) is 32.7 Å². The Morgan fingerprint density at radius 2 is 1.54 bits per heavy atom. The predicted octanol–water partition coefficient (Wildman–Crippen LogP) is 2.06. The van der Waals surface area contributed by atoms with Gasteiger partial charge in [-0.2, -0.15) is 0 Å². The third-order valence-corrected chi connectivity index (χ3v) is 5.56. The van der Waals surface area contributed by atoms with Crippen LogP contribution in [0.3, 0.4) is 0 Å². The molecule has 0 aromatic rings. The van der Waals surface area contributed by atoms with Gasteiger partial charge in [-0.1, -0.05) is 13.8 Å². The van der Waals surface area contributed by atoms with E-state index in [4.69, 9.17) is 0 Å². The molecule has 5 heteroatoms. The molecule has 2 unspecified atom stereocenters. The quantitative estimate of drug-likeness (QED) is 0.700. The second-order valence-electron chi connectivity index (χ2n) is 7.57. The summed E-state index contributed by atoms with van der Waals surface area (Å²) in [6.45, 7) is 10.7. The van der Waals surface area contributed by atoms with Crippen molar-refractivity contribution in [2.45, 2.75) is 71.4 Å². The highest BCUT2D eigenvalue weighted by atomic mass is 16.1. The third kappa shape index (κ3) is 5.28. The van der Waals surface area contributed by atoms with Gasteiger partial charge in [0.25, 0.3) is 0 Å². The first-order valence-electron chi connectivity index (χ1n) is 9.80. The fraction of sp³-hybridized carbons (Fsp3) is 0.895. The van der Waals surface area contributed by atoms with Crippen LogP contribution in [-0.2, 0) is 9.59 Å². The van der Waals surface area contributed by atoms with Crippen LogP contribution in [0.15, 0.2) is 0 Å². The van der Waals surface area contributed by atoms with Crippen molar-refractivity contribution in [3.63, 3.8) is 0 Å². The number of nitrogens with one attached hydrogen (secondary N) is 1. The maximum absolute atomic E-state index is 11.9. The Morgan fingerprint density at radius 1 is 1.00 bits per heavy atom. The number of carbonyl (C=O) groups excluding carboxylic acids is 2. The fourth-order valence-electron chi connectivity index (χ4n) is 4.20. The Hall–Kier alpha value is -0.940. The number of carbonyl (C=O) groups is 2. The Kier molecular flexibility index (Phi) is 7.69. The molecule has 138 valence electrons. The number of amides is 1. The maximum atomic E-state index is 11.9. The van der Waals surface area contributed by atoms with Crippen LogP contribution in [-0.4, -0.2) is 66.3 Å². The Bertz CT molecular complexity index is 425. The minimum Gasteiger partial charge on any atom is -0.356 e. The zero-order chi connectivity index (χ0) is 17.5. The summed E-state index contributed by atoms with van der Waals surface area (Å²) in [7, 11) is 0. The van der Waals surface area contributed by atoms with Gasteiger partial charge >= 0.3 is 0 Å². The molecule has 5 nitrogen and oxygen atoms in total. The van der Waals surface area contributed by atoms with Crippen molar-refractivity contribution < 1.29 is 9.59 Å². The minimum atomic E-state index is 0.145. The topological polar surface area (TPSA) is 52.7 Å². The largest absolute Gasteiger partial charge is 0.356 e. The maximum Gasteiger partial charge on any atom is 0.221 e. The smallest absolute Gasteiger partial charge is 0.221 e. The Morgan fingerprint density at radius 3 is 2.04 bits per heavy atom. The first-order valence-corrected chi connectivity index (χ1v) is 9.80. The third-order valence-electron chi connectivity index (χ3n) is 5.56. The number of nitrogens with zero attached hydrogens (tertiary/aromatic N) is 2. The molecule has 0 radical (unpaired) electrons. The molecule has 24 heavy (non-hydrogen) atoms. The highest BCUT2D eigenvalue weighted by Gasteiger charge is 2.37. The molecule has 2 aliphatic rings. The van der Waals surface area contributed by atoms with E-state index in [1.54, 1.807) is 0 Å². The molecule has 0 aromatic carbocycles. The lowest BCUT2D eigenvalue weighted by molar-refractivity contribution is -0.123. The van der Waals surface area contributed by atoms with Gasteiger partial charge in [-0.3, -0.25) is 19.4 Å². The Labute approximate surface area is 147 Å². The van der Waals surface area contributed by atoms with Crippen LogP contribution in [0.4, 0.5) is 0 Å². The number of ketones is 1. The van der Waals surface area contributed by atoms with E-state index in [0.29, 0.717) is 37.3 Å². The van der Waals surface area contributed by atoms with Crippen molar-refractivity contribution in [1.29, 1.82) is 0 Å². The fourth-order valence-corrected chi connectivity index (χ4v) is 4.20. The van der Waals surface area contributed by atoms with Gasteiger partial charge in [-0.05, 0) is 45.7 Å². The van der Waals surface area contributed by atoms with Crippen LogP contribution in [0, 0.1) is 5.92 Å². The molecule has 0 spiro atoms. The molecule has 2 rings (SSSR count). The number of hydrogen-bond donors (Lipinski definition) is 1. The number of likely N-dealkylation sites (tertiary alicyclic amines) is 2. The molecule has 2 saturated heterocycles. The summed E-state index contributed by atoms with van der Waals surface area (Å²) in [6, 6.07) is 1.14. The van der Waals surface area contributed by atoms with E-state index in [9.17, 15) is 9.59 Å². The number of rotatable bonds is 9. The zero-order valence-corrected chi connectivity index (χ0v) is 15.7. The van der Waals surface area contributed by atoms with E-state index in [2.05, 4.69) is 15.1 Å². The lowest BCUT2D eigenvalue weighted by atomic mass is 10.0. The van der Waals surface area contributed by atoms with Crippen LogP contribution >= 0.6 is 0 Å². The SMILES string of the molecule is CCNC(=O)CCN1CCCC1C1CCCN1CCC(=O)C(C)C. The van der Waals surface area contributed by atoms with Crippen molar-refractivity contribution in [1.82, 2.24) is 15.1 Å². The van der Waals surface area contributed by atoms with Gasteiger partial charge in [-0.15, -0.1) is 0 Å². The number of hydrogen-bond acceptors (Lipinski definition) is 4. The summed E-state index contributed by atoms with van der Waals surface area (Å²) in [6.07, 6.45) is 6.21. The summed E-state index contributed by atoms with van der Waals surface area (Å²) in [5.41, 5.74) is 0. The lowest BCUT2D eigenvalue weighted by Gasteiger charge is -2.35. The van der Waals surface area contributed by atoms with Gasteiger partial charge < -0.3 is 5.32 Å². The van der Waals surface area contributed by atoms with Crippen molar-refractivity contribution in [3.05, 3.63) is 0 Å². The number of Topliss-reactive ketones (excluding diaryl/α,β-unsaturated/α-hetero) is 1. The van der Waals surface area contributed by atoms with Crippen LogP contribution < -0.4 is 5.32 Å². The highest BCUT2D eigenvalue weighted by Crippen LogP contribution is 2.30. The lowest BCUT2D eigenvalue weighted by Crippen LogP contribution is -2.47. The van der Waals surface area contributed by atoms with Crippen LogP contribution in [0.25, 0.3) is 0 Å². The average Bonchev–Trinajstić information content (AvgIpc) is 3.19. The Balaban J connectivity index is 1.85. The zero-order valence-electron chi connectivity index (χ0n) is 15.7. The first-order chi connectivity index (χ1) is 11.5. The highest BCUT2D eigenvalue weighted by molar-refractivity contribution is 5.80. The summed E-state index contributed by atoms with van der Waals surface area (Å²) in [5.74, 6) is 0.681. The first kappa shape index (κ1) is 19.4. The monoisotopic (exact) mass is 337 g/mol. The van der Waals surface area contributed by atoms with E-state index >= 15 is 0 Å². The van der Waals surface area contributed by atoms with Gasteiger partial charge in [-0.25, -0.2) is 0 Å². The molecule has 0 aliphatic carbocycles. The van der Waals surface area contributed by atoms with Crippen molar-refractivity contribution >= 4 is 11.7 Å². The van der Waals surface area contributed by atoms with Gasteiger partial charge in [0.15, 0.2) is 0 Å². The van der Waals surface area contributed by atoms with E-state index in [-0.39, 0.29) is 11.8 Å². The predicted molar refractivity (Wildman–Crippen MR) is 97.0 cm³/mol. The van der Waals surface area contributed by atoms with Gasteiger partial charge in [0.2, 0.25) is 5.91 Å². The van der Waals surface area contributed by atoms with E-state index in [0.717, 1.165) is 26.2 Å². The molecular formula is C19H35N3O2. The van der Waals surface area contributed by atoms with Gasteiger partial charge in [0.05, 0.1) is 0 Å². The molecule has 2 fully saturated rings. The standard InChI is InChI=1S/C19H35N3O2/c1-4-20-19(24)10-14-22-12-6-8-17(22)16-7-5-11-21(16)13-9-18(23)15(2)3/h15-17H,4-14H2,1-3H3,(H,20,24). The summed E-state index contributed by atoms with van der Waals surface area (Å²) in [4.78, 5) is 28.8.